The van der Waals surface area contributed by atoms with Gasteiger partial charge in [-0.05, 0) is 44.2 Å². The van der Waals surface area contributed by atoms with Crippen LogP contribution < -0.4 is 0 Å². The Morgan fingerprint density at radius 2 is 1.53 bits per heavy atom. The van der Waals surface area contributed by atoms with Gasteiger partial charge in [0.05, 0.1) is 11.2 Å². The van der Waals surface area contributed by atoms with E-state index in [-0.39, 0.29) is 5.41 Å². The van der Waals surface area contributed by atoms with Crippen LogP contribution in [-0.4, -0.2) is 9.97 Å². The molecule has 0 saturated carbocycles. The van der Waals surface area contributed by atoms with Gasteiger partial charge in [-0.15, -0.1) is 0 Å². The maximum Gasteiger partial charge on any atom is 0.0678 e. The maximum absolute atomic E-state index is 4.61. The zero-order valence-electron chi connectivity index (χ0n) is 11.9. The van der Waals surface area contributed by atoms with E-state index in [0.29, 0.717) is 0 Å². The van der Waals surface area contributed by atoms with E-state index in [1.54, 1.807) is 0 Å². The molecule has 2 heteroatoms. The third-order valence-electron chi connectivity index (χ3n) is 3.55. The number of nitrogens with one attached hydrogen (secondary N) is 1. The normalized spacial score (nSPS) is 12.4. The fourth-order valence-electron chi connectivity index (χ4n) is 2.78. The van der Waals surface area contributed by atoms with Gasteiger partial charge in [-0.3, -0.25) is 4.98 Å². The Kier molecular flexibility index (Phi) is 2.57. The van der Waals surface area contributed by atoms with Gasteiger partial charge in [0, 0.05) is 16.8 Å². The van der Waals surface area contributed by atoms with Crippen molar-refractivity contribution in [3.8, 4) is 0 Å². The number of hydrogen-bond donors (Lipinski definition) is 1. The zero-order chi connectivity index (χ0) is 13.0. The molecule has 0 radical (unpaired) electrons. The van der Waals surface area contributed by atoms with Crippen LogP contribution in [0.5, 0.6) is 0 Å². The summed E-state index contributed by atoms with van der Waals surface area (Å²) in [6, 6.07) is 0. The Hall–Kier alpha value is -1.31. The SMILES string of the molecule is Cc1nc(C)c2[nH]c(C)c(C(C)(C)C)c2c1C. The lowest BCUT2D eigenvalue weighted by Crippen LogP contribution is -2.12. The van der Waals surface area contributed by atoms with Gasteiger partial charge in [-0.25, -0.2) is 0 Å². The predicted molar refractivity (Wildman–Crippen MR) is 73.7 cm³/mol. The van der Waals surface area contributed by atoms with Crippen LogP contribution >= 0.6 is 0 Å². The minimum Gasteiger partial charge on any atom is -0.357 e. The van der Waals surface area contributed by atoms with Crippen molar-refractivity contribution in [3.63, 3.8) is 0 Å². The molecular formula is C15H22N2. The third kappa shape index (κ3) is 1.76. The standard InChI is InChI=1S/C15H22N2/c1-8-9(2)16-11(4)14-12(8)13(10(3)17-14)15(5,6)7/h17H,1-7H3. The van der Waals surface area contributed by atoms with Crippen LogP contribution in [0.25, 0.3) is 10.9 Å². The van der Waals surface area contributed by atoms with Gasteiger partial charge in [0.15, 0.2) is 0 Å². The molecule has 1 N–H and O–H groups in total. The van der Waals surface area contributed by atoms with Crippen molar-refractivity contribution in [2.75, 3.05) is 0 Å². The van der Waals surface area contributed by atoms with Crippen LogP contribution in [0.1, 0.15) is 49.0 Å². The molecule has 17 heavy (non-hydrogen) atoms. The summed E-state index contributed by atoms with van der Waals surface area (Å²) in [6.45, 7) is 15.3. The first-order valence-corrected chi connectivity index (χ1v) is 6.20. The molecule has 2 aromatic heterocycles. The van der Waals surface area contributed by atoms with Gasteiger partial charge in [0.2, 0.25) is 0 Å². The molecule has 0 spiro atoms. The molecule has 0 fully saturated rings. The van der Waals surface area contributed by atoms with E-state index in [9.17, 15) is 0 Å². The fraction of sp³-hybridized carbons (Fsp3) is 0.533. The fourth-order valence-corrected chi connectivity index (χ4v) is 2.78. The molecule has 0 aromatic carbocycles. The lowest BCUT2D eigenvalue weighted by molar-refractivity contribution is 0.591. The molecule has 2 aromatic rings. The highest BCUT2D eigenvalue weighted by Crippen LogP contribution is 2.36. The molecule has 0 aliphatic carbocycles. The second-order valence-corrected chi connectivity index (χ2v) is 6.03. The monoisotopic (exact) mass is 230 g/mol. The van der Waals surface area contributed by atoms with E-state index in [1.807, 2.05) is 0 Å². The molecule has 0 unspecified atom stereocenters. The lowest BCUT2D eigenvalue weighted by Gasteiger charge is -2.20. The zero-order valence-corrected chi connectivity index (χ0v) is 11.9. The van der Waals surface area contributed by atoms with E-state index in [4.69, 9.17) is 0 Å². The predicted octanol–water partition coefficient (Wildman–Crippen LogP) is 4.09. The topological polar surface area (TPSA) is 28.7 Å². The minimum atomic E-state index is 0.160. The summed E-state index contributed by atoms with van der Waals surface area (Å²) >= 11 is 0. The van der Waals surface area contributed by atoms with Gasteiger partial charge in [0.25, 0.3) is 0 Å². The molecule has 0 aliphatic heterocycles. The van der Waals surface area contributed by atoms with Crippen molar-refractivity contribution in [3.05, 3.63) is 28.2 Å². The van der Waals surface area contributed by atoms with E-state index in [1.165, 1.54) is 27.7 Å². The molecule has 0 amide bonds. The Bertz CT molecular complexity index is 583. The highest BCUT2D eigenvalue weighted by atomic mass is 14.8. The van der Waals surface area contributed by atoms with E-state index in [2.05, 4.69) is 58.4 Å². The molecule has 0 aliphatic rings. The molecule has 0 bridgehead atoms. The van der Waals surface area contributed by atoms with Gasteiger partial charge in [-0.1, -0.05) is 20.8 Å². The summed E-state index contributed by atoms with van der Waals surface area (Å²) in [5, 5.41) is 1.38. The first-order valence-electron chi connectivity index (χ1n) is 6.20. The summed E-state index contributed by atoms with van der Waals surface area (Å²) < 4.78 is 0. The van der Waals surface area contributed by atoms with Gasteiger partial charge in [-0.2, -0.15) is 0 Å². The Labute approximate surface area is 103 Å². The number of aromatic amines is 1. The Morgan fingerprint density at radius 1 is 0.941 bits per heavy atom. The molecule has 2 heterocycles. The first kappa shape index (κ1) is 12.2. The Morgan fingerprint density at radius 3 is 2.06 bits per heavy atom. The second kappa shape index (κ2) is 3.59. The second-order valence-electron chi connectivity index (χ2n) is 6.03. The van der Waals surface area contributed by atoms with Crippen LogP contribution in [0.3, 0.4) is 0 Å². The molecular weight excluding hydrogens is 208 g/mol. The first-order chi connectivity index (χ1) is 7.73. The lowest BCUT2D eigenvalue weighted by atomic mass is 9.84. The van der Waals surface area contributed by atoms with Crippen molar-refractivity contribution in [2.45, 2.75) is 53.9 Å². The van der Waals surface area contributed by atoms with Crippen LogP contribution in [0.15, 0.2) is 0 Å². The van der Waals surface area contributed by atoms with Crippen molar-refractivity contribution < 1.29 is 0 Å². The summed E-state index contributed by atoms with van der Waals surface area (Å²) in [5.41, 5.74) is 7.61. The largest absolute Gasteiger partial charge is 0.357 e. The van der Waals surface area contributed by atoms with Crippen LogP contribution in [-0.2, 0) is 5.41 Å². The smallest absolute Gasteiger partial charge is 0.0678 e. The molecule has 0 atom stereocenters. The average Bonchev–Trinajstić information content (AvgIpc) is 2.52. The van der Waals surface area contributed by atoms with Crippen molar-refractivity contribution in [1.29, 1.82) is 0 Å². The van der Waals surface area contributed by atoms with Crippen molar-refractivity contribution in [2.24, 2.45) is 0 Å². The highest BCUT2D eigenvalue weighted by molar-refractivity contribution is 5.90. The summed E-state index contributed by atoms with van der Waals surface area (Å²) in [4.78, 5) is 8.11. The average molecular weight is 230 g/mol. The Balaban J connectivity index is 3.00. The maximum atomic E-state index is 4.61. The number of fused-ring (bicyclic) bond motifs is 1. The van der Waals surface area contributed by atoms with E-state index < -0.39 is 0 Å². The van der Waals surface area contributed by atoms with Crippen LogP contribution in [0.4, 0.5) is 0 Å². The van der Waals surface area contributed by atoms with Crippen molar-refractivity contribution in [1.82, 2.24) is 9.97 Å². The van der Waals surface area contributed by atoms with Gasteiger partial charge in [0.1, 0.15) is 0 Å². The van der Waals surface area contributed by atoms with E-state index >= 15 is 0 Å². The van der Waals surface area contributed by atoms with E-state index in [0.717, 1.165) is 11.4 Å². The number of rotatable bonds is 0. The summed E-state index contributed by atoms with van der Waals surface area (Å²) in [6.07, 6.45) is 0. The highest BCUT2D eigenvalue weighted by Gasteiger charge is 2.24. The van der Waals surface area contributed by atoms with Crippen molar-refractivity contribution >= 4 is 10.9 Å². The molecule has 2 rings (SSSR count). The summed E-state index contributed by atoms with van der Waals surface area (Å²) in [5.74, 6) is 0. The third-order valence-corrected chi connectivity index (χ3v) is 3.55. The van der Waals surface area contributed by atoms with Gasteiger partial charge < -0.3 is 4.98 Å². The molecule has 92 valence electrons. The number of H-pyrrole nitrogens is 1. The minimum absolute atomic E-state index is 0.160. The van der Waals surface area contributed by atoms with Gasteiger partial charge >= 0.3 is 0 Å². The summed E-state index contributed by atoms with van der Waals surface area (Å²) in [7, 11) is 0. The number of hydrogen-bond acceptors (Lipinski definition) is 1. The molecule has 2 nitrogen and oxygen atoms in total. The number of nitrogens with zero attached hydrogens (tertiary/aromatic N) is 1. The number of aromatic nitrogens is 2. The number of pyridine rings is 1. The van der Waals surface area contributed by atoms with Crippen LogP contribution in [0, 0.1) is 27.7 Å². The number of aryl methyl sites for hydroxylation is 4. The van der Waals surface area contributed by atoms with Crippen LogP contribution in [0.2, 0.25) is 0 Å². The molecule has 0 saturated heterocycles. The quantitative estimate of drug-likeness (QED) is 0.725.